The van der Waals surface area contributed by atoms with Gasteiger partial charge in [0.15, 0.2) is 0 Å². The molecule has 3 N–H and O–H groups in total. The lowest BCUT2D eigenvalue weighted by molar-refractivity contribution is 0.0516. The molecule has 1 heterocycles. The second-order valence-electron chi connectivity index (χ2n) is 4.59. The van der Waals surface area contributed by atoms with E-state index in [4.69, 9.17) is 5.73 Å². The minimum absolute atomic E-state index is 0.492. The molecule has 1 unspecified atom stereocenters. The molecule has 0 aromatic carbocycles. The summed E-state index contributed by atoms with van der Waals surface area (Å²) >= 11 is 3.58. The summed E-state index contributed by atoms with van der Waals surface area (Å²) in [6, 6.07) is 0. The van der Waals surface area contributed by atoms with Gasteiger partial charge in [-0.05, 0) is 49.2 Å². The van der Waals surface area contributed by atoms with Gasteiger partial charge in [0.05, 0.1) is 21.5 Å². The molecule has 1 rings (SSSR count). The Morgan fingerprint density at radius 2 is 2.12 bits per heavy atom. The monoisotopic (exact) mass is 303 g/mol. The van der Waals surface area contributed by atoms with Gasteiger partial charge in [0.2, 0.25) is 0 Å². The summed E-state index contributed by atoms with van der Waals surface area (Å²) in [5.74, 6) is 0. The van der Waals surface area contributed by atoms with Crippen LogP contribution in [0, 0.1) is 0 Å². The minimum atomic E-state index is -0.769. The summed E-state index contributed by atoms with van der Waals surface area (Å²) in [7, 11) is 0. The Balaban J connectivity index is 3.00. The van der Waals surface area contributed by atoms with E-state index in [1.807, 2.05) is 11.6 Å². The molecule has 1 atom stereocenters. The number of aliphatic hydroxyl groups is 1. The second-order valence-corrected chi connectivity index (χ2v) is 5.38. The standard InChI is InChI=1S/C12H22BrN3O/c1-4-9-11(13)10(16(5-2)15-9)8-12(3,17)6-7-14/h17H,4-8,14H2,1-3H3. The Hall–Kier alpha value is -0.390. The third-order valence-electron chi connectivity index (χ3n) is 2.93. The van der Waals surface area contributed by atoms with Crippen LogP contribution in [0.2, 0.25) is 0 Å². The third-order valence-corrected chi connectivity index (χ3v) is 3.84. The summed E-state index contributed by atoms with van der Waals surface area (Å²) in [5, 5.41) is 14.8. The highest BCUT2D eigenvalue weighted by atomic mass is 79.9. The van der Waals surface area contributed by atoms with Crippen molar-refractivity contribution >= 4 is 15.9 Å². The molecular formula is C12H22BrN3O. The van der Waals surface area contributed by atoms with Crippen molar-refractivity contribution in [3.05, 3.63) is 15.9 Å². The van der Waals surface area contributed by atoms with E-state index in [1.54, 1.807) is 0 Å². The van der Waals surface area contributed by atoms with Gasteiger partial charge in [0.1, 0.15) is 0 Å². The maximum absolute atomic E-state index is 10.3. The zero-order valence-electron chi connectivity index (χ0n) is 10.8. The molecule has 1 aromatic rings. The van der Waals surface area contributed by atoms with Gasteiger partial charge in [0.25, 0.3) is 0 Å². The molecule has 4 nitrogen and oxygen atoms in total. The molecule has 17 heavy (non-hydrogen) atoms. The summed E-state index contributed by atoms with van der Waals surface area (Å²) in [6.45, 7) is 7.26. The Labute approximate surface area is 111 Å². The van der Waals surface area contributed by atoms with Crippen LogP contribution in [-0.4, -0.2) is 27.0 Å². The predicted molar refractivity (Wildman–Crippen MR) is 73.0 cm³/mol. The number of aryl methyl sites for hydroxylation is 2. The fourth-order valence-electron chi connectivity index (χ4n) is 1.95. The quantitative estimate of drug-likeness (QED) is 0.843. The molecule has 0 amide bonds. The van der Waals surface area contributed by atoms with Gasteiger partial charge in [-0.15, -0.1) is 0 Å². The van der Waals surface area contributed by atoms with Gasteiger partial charge >= 0.3 is 0 Å². The zero-order chi connectivity index (χ0) is 13.1. The van der Waals surface area contributed by atoms with Crippen molar-refractivity contribution in [3.63, 3.8) is 0 Å². The zero-order valence-corrected chi connectivity index (χ0v) is 12.4. The lowest BCUT2D eigenvalue weighted by Crippen LogP contribution is -2.31. The van der Waals surface area contributed by atoms with Gasteiger partial charge in [-0.3, -0.25) is 4.68 Å². The van der Waals surface area contributed by atoms with E-state index in [1.165, 1.54) is 0 Å². The topological polar surface area (TPSA) is 64.1 Å². The molecule has 0 spiro atoms. The van der Waals surface area contributed by atoms with Crippen LogP contribution in [0.5, 0.6) is 0 Å². The highest BCUT2D eigenvalue weighted by molar-refractivity contribution is 9.10. The molecular weight excluding hydrogens is 282 g/mol. The van der Waals surface area contributed by atoms with Gasteiger partial charge in [-0.2, -0.15) is 5.10 Å². The van der Waals surface area contributed by atoms with Crippen LogP contribution in [0.4, 0.5) is 0 Å². The average molecular weight is 304 g/mol. The van der Waals surface area contributed by atoms with Crippen LogP contribution < -0.4 is 5.73 Å². The smallest absolute Gasteiger partial charge is 0.0766 e. The predicted octanol–water partition coefficient (Wildman–Crippen LogP) is 1.87. The van der Waals surface area contributed by atoms with Crippen LogP contribution >= 0.6 is 15.9 Å². The van der Waals surface area contributed by atoms with E-state index in [9.17, 15) is 5.11 Å². The normalized spacial score (nSPS) is 14.9. The number of halogens is 1. The maximum Gasteiger partial charge on any atom is 0.0766 e. The molecule has 5 heteroatoms. The van der Waals surface area contributed by atoms with E-state index in [-0.39, 0.29) is 0 Å². The maximum atomic E-state index is 10.3. The van der Waals surface area contributed by atoms with Gasteiger partial charge in [0, 0.05) is 13.0 Å². The molecule has 0 saturated heterocycles. The number of nitrogens with zero attached hydrogens (tertiary/aromatic N) is 2. The van der Waals surface area contributed by atoms with Crippen molar-refractivity contribution in [2.24, 2.45) is 5.73 Å². The first kappa shape index (κ1) is 14.7. The Morgan fingerprint density at radius 3 is 2.59 bits per heavy atom. The number of nitrogens with two attached hydrogens (primary N) is 1. The average Bonchev–Trinajstić information content (AvgIpc) is 2.55. The Bertz CT molecular complexity index is 374. The van der Waals surface area contributed by atoms with Crippen LogP contribution in [0.15, 0.2) is 4.47 Å². The number of hydrogen-bond acceptors (Lipinski definition) is 3. The first-order chi connectivity index (χ1) is 7.95. The number of rotatable bonds is 6. The van der Waals surface area contributed by atoms with E-state index in [0.717, 1.165) is 28.8 Å². The minimum Gasteiger partial charge on any atom is -0.390 e. The molecule has 98 valence electrons. The number of aromatic nitrogens is 2. The first-order valence-electron chi connectivity index (χ1n) is 6.11. The fourth-order valence-corrected chi connectivity index (χ4v) is 2.65. The van der Waals surface area contributed by atoms with Gasteiger partial charge in [-0.1, -0.05) is 6.92 Å². The molecule has 0 radical (unpaired) electrons. The molecule has 0 saturated carbocycles. The van der Waals surface area contributed by atoms with E-state index in [2.05, 4.69) is 34.9 Å². The molecule has 0 aliphatic rings. The molecule has 0 fully saturated rings. The Kier molecular flexibility index (Phi) is 5.16. The fraction of sp³-hybridized carbons (Fsp3) is 0.750. The molecule has 1 aromatic heterocycles. The van der Waals surface area contributed by atoms with E-state index >= 15 is 0 Å². The van der Waals surface area contributed by atoms with Crippen molar-refractivity contribution in [2.75, 3.05) is 6.54 Å². The summed E-state index contributed by atoms with van der Waals surface area (Å²) in [5.41, 5.74) is 6.85. The highest BCUT2D eigenvalue weighted by Crippen LogP contribution is 2.27. The van der Waals surface area contributed by atoms with Crippen molar-refractivity contribution in [2.45, 2.75) is 52.2 Å². The summed E-state index contributed by atoms with van der Waals surface area (Å²) in [6.07, 6.45) is 2.06. The first-order valence-corrected chi connectivity index (χ1v) is 6.91. The molecule has 0 aliphatic heterocycles. The van der Waals surface area contributed by atoms with Crippen molar-refractivity contribution < 1.29 is 5.11 Å². The van der Waals surface area contributed by atoms with Crippen LogP contribution in [0.3, 0.4) is 0 Å². The SMILES string of the molecule is CCc1nn(CC)c(CC(C)(O)CCN)c1Br. The van der Waals surface area contributed by atoms with Crippen molar-refractivity contribution in [3.8, 4) is 0 Å². The second kappa shape index (κ2) is 5.98. The highest BCUT2D eigenvalue weighted by Gasteiger charge is 2.25. The largest absolute Gasteiger partial charge is 0.390 e. The summed E-state index contributed by atoms with van der Waals surface area (Å²) in [4.78, 5) is 0. The lowest BCUT2D eigenvalue weighted by atomic mass is 9.96. The van der Waals surface area contributed by atoms with Crippen LogP contribution in [0.25, 0.3) is 0 Å². The summed E-state index contributed by atoms with van der Waals surface area (Å²) < 4.78 is 2.98. The number of hydrogen-bond donors (Lipinski definition) is 2. The molecule has 0 bridgehead atoms. The van der Waals surface area contributed by atoms with E-state index in [0.29, 0.717) is 19.4 Å². The van der Waals surface area contributed by atoms with Crippen molar-refractivity contribution in [1.82, 2.24) is 9.78 Å². The lowest BCUT2D eigenvalue weighted by Gasteiger charge is -2.23. The van der Waals surface area contributed by atoms with Gasteiger partial charge < -0.3 is 10.8 Å². The molecule has 0 aliphatic carbocycles. The van der Waals surface area contributed by atoms with Crippen molar-refractivity contribution in [1.29, 1.82) is 0 Å². The Morgan fingerprint density at radius 1 is 1.47 bits per heavy atom. The van der Waals surface area contributed by atoms with Crippen LogP contribution in [-0.2, 0) is 19.4 Å². The van der Waals surface area contributed by atoms with Crippen LogP contribution in [0.1, 0.15) is 38.6 Å². The van der Waals surface area contributed by atoms with Gasteiger partial charge in [-0.25, -0.2) is 0 Å². The third kappa shape index (κ3) is 3.53. The van der Waals surface area contributed by atoms with E-state index < -0.39 is 5.60 Å².